The number of amides is 1. The summed E-state index contributed by atoms with van der Waals surface area (Å²) in [6.45, 7) is 4.58. The highest BCUT2D eigenvalue weighted by Crippen LogP contribution is 2.41. The Morgan fingerprint density at radius 3 is 2.27 bits per heavy atom. The van der Waals surface area contributed by atoms with E-state index in [0.717, 1.165) is 32.3 Å². The Kier molecular flexibility index (Phi) is 3.68. The summed E-state index contributed by atoms with van der Waals surface area (Å²) in [6.07, 6.45) is 7.14. The van der Waals surface area contributed by atoms with Crippen LogP contribution < -0.4 is 0 Å². The van der Waals surface area contributed by atoms with Crippen LogP contribution in [0.3, 0.4) is 0 Å². The van der Waals surface area contributed by atoms with E-state index in [1.54, 1.807) is 4.90 Å². The molecule has 1 unspecified atom stereocenters. The summed E-state index contributed by atoms with van der Waals surface area (Å²) in [7, 11) is 0. The molecule has 4 nitrogen and oxygen atoms in total. The zero-order chi connectivity index (χ0) is 15.2. The second-order valence-corrected chi connectivity index (χ2v) is 7.71. The number of nitrogens with zero attached hydrogens (tertiary/aromatic N) is 2. The summed E-state index contributed by atoms with van der Waals surface area (Å²) in [5.74, 6) is -0.261. The highest BCUT2D eigenvalue weighted by molar-refractivity contribution is 5.86. The Morgan fingerprint density at radius 2 is 1.68 bits per heavy atom. The lowest BCUT2D eigenvalue weighted by molar-refractivity contribution is -0.154. The third-order valence-corrected chi connectivity index (χ3v) is 6.34. The van der Waals surface area contributed by atoms with Crippen LogP contribution >= 0.6 is 0 Å². The van der Waals surface area contributed by atoms with Gasteiger partial charge in [0.2, 0.25) is 0 Å². The first-order valence-corrected chi connectivity index (χ1v) is 8.97. The summed E-state index contributed by atoms with van der Waals surface area (Å²) >= 11 is 0. The molecule has 0 aromatic heterocycles. The van der Waals surface area contributed by atoms with Gasteiger partial charge in [-0.1, -0.05) is 0 Å². The van der Waals surface area contributed by atoms with E-state index in [0.29, 0.717) is 32.0 Å². The van der Waals surface area contributed by atoms with E-state index in [4.69, 9.17) is 4.74 Å². The van der Waals surface area contributed by atoms with Gasteiger partial charge in [-0.2, -0.15) is 0 Å². The molecule has 5 heteroatoms. The van der Waals surface area contributed by atoms with Crippen LogP contribution in [-0.2, 0) is 9.53 Å². The molecule has 1 amide bonds. The number of rotatable bonds is 2. The number of hydrogen-bond donors (Lipinski definition) is 0. The Balaban J connectivity index is 1.33. The summed E-state index contributed by atoms with van der Waals surface area (Å²) < 4.78 is 20.5. The van der Waals surface area contributed by atoms with E-state index in [9.17, 15) is 9.18 Å². The monoisotopic (exact) mass is 310 g/mol. The van der Waals surface area contributed by atoms with Crippen LogP contribution in [0.25, 0.3) is 0 Å². The van der Waals surface area contributed by atoms with Crippen LogP contribution in [0.1, 0.15) is 51.4 Å². The number of ether oxygens (including phenoxy) is 1. The normalized spacial score (nSPS) is 34.0. The fourth-order valence-electron chi connectivity index (χ4n) is 4.61. The standard InChI is InChI=1S/C17H27FN2O2/c18-17(4-3-5-17)15(21)20-10-6-16(7-11-20)12-14(13-22-16)19-8-1-2-9-19/h14H,1-13H2. The van der Waals surface area contributed by atoms with Crippen LogP contribution in [-0.4, -0.2) is 65.8 Å². The van der Waals surface area contributed by atoms with Gasteiger partial charge < -0.3 is 9.64 Å². The lowest BCUT2D eigenvalue weighted by atomic mass is 9.79. The molecule has 0 aromatic carbocycles. The Bertz CT molecular complexity index is 438. The molecule has 0 aromatic rings. The molecule has 3 saturated heterocycles. The van der Waals surface area contributed by atoms with Gasteiger partial charge in [0, 0.05) is 19.1 Å². The number of halogens is 1. The predicted molar refractivity (Wildman–Crippen MR) is 81.4 cm³/mol. The minimum absolute atomic E-state index is 0.0485. The fraction of sp³-hybridized carbons (Fsp3) is 0.941. The molecule has 124 valence electrons. The molecule has 1 atom stereocenters. The van der Waals surface area contributed by atoms with Crippen molar-refractivity contribution >= 4 is 5.91 Å². The van der Waals surface area contributed by atoms with Crippen molar-refractivity contribution in [3.05, 3.63) is 0 Å². The average molecular weight is 310 g/mol. The molecule has 1 aliphatic carbocycles. The molecule has 4 rings (SSSR count). The van der Waals surface area contributed by atoms with Crippen molar-refractivity contribution in [1.29, 1.82) is 0 Å². The SMILES string of the molecule is O=C(N1CCC2(CC1)CC(N1CCCC1)CO2)C1(F)CCC1. The molecule has 22 heavy (non-hydrogen) atoms. The van der Waals surface area contributed by atoms with Crippen molar-refractivity contribution in [2.45, 2.75) is 68.7 Å². The smallest absolute Gasteiger partial charge is 0.260 e. The van der Waals surface area contributed by atoms with E-state index >= 15 is 0 Å². The summed E-state index contributed by atoms with van der Waals surface area (Å²) in [5, 5.41) is 0. The first kappa shape index (κ1) is 14.9. The Labute approximate surface area is 132 Å². The molecule has 1 spiro atoms. The number of carbonyl (C=O) groups excluding carboxylic acids is 1. The zero-order valence-corrected chi connectivity index (χ0v) is 13.4. The number of piperidine rings is 1. The van der Waals surface area contributed by atoms with Gasteiger partial charge in [0.05, 0.1) is 12.2 Å². The quantitative estimate of drug-likeness (QED) is 0.783. The van der Waals surface area contributed by atoms with Crippen molar-refractivity contribution < 1.29 is 13.9 Å². The van der Waals surface area contributed by atoms with Crippen LogP contribution in [0.5, 0.6) is 0 Å². The molecule has 4 fully saturated rings. The molecule has 0 bridgehead atoms. The number of hydrogen-bond acceptors (Lipinski definition) is 3. The van der Waals surface area contributed by atoms with Gasteiger partial charge in [-0.3, -0.25) is 9.69 Å². The maximum Gasteiger partial charge on any atom is 0.260 e. The van der Waals surface area contributed by atoms with Gasteiger partial charge >= 0.3 is 0 Å². The van der Waals surface area contributed by atoms with Crippen LogP contribution in [0.4, 0.5) is 4.39 Å². The zero-order valence-electron chi connectivity index (χ0n) is 13.4. The van der Waals surface area contributed by atoms with Crippen molar-refractivity contribution in [2.75, 3.05) is 32.8 Å². The van der Waals surface area contributed by atoms with E-state index < -0.39 is 5.67 Å². The molecular weight excluding hydrogens is 283 g/mol. The summed E-state index contributed by atoms with van der Waals surface area (Å²) in [6, 6.07) is 0.559. The second-order valence-electron chi connectivity index (χ2n) is 7.71. The van der Waals surface area contributed by atoms with E-state index in [1.807, 2.05) is 0 Å². The minimum atomic E-state index is -1.54. The van der Waals surface area contributed by atoms with Gasteiger partial charge in [-0.05, 0) is 64.5 Å². The van der Waals surface area contributed by atoms with Crippen LogP contribution in [0.2, 0.25) is 0 Å². The Morgan fingerprint density at radius 1 is 1.00 bits per heavy atom. The minimum Gasteiger partial charge on any atom is -0.373 e. The van der Waals surface area contributed by atoms with E-state index in [2.05, 4.69) is 4.90 Å². The topological polar surface area (TPSA) is 32.8 Å². The van der Waals surface area contributed by atoms with Gasteiger partial charge in [-0.15, -0.1) is 0 Å². The Hall–Kier alpha value is -0.680. The van der Waals surface area contributed by atoms with Crippen molar-refractivity contribution in [3.63, 3.8) is 0 Å². The molecule has 3 heterocycles. The molecule has 1 saturated carbocycles. The maximum atomic E-state index is 14.3. The molecule has 4 aliphatic rings. The van der Waals surface area contributed by atoms with E-state index in [-0.39, 0.29) is 11.5 Å². The highest BCUT2D eigenvalue weighted by atomic mass is 19.1. The largest absolute Gasteiger partial charge is 0.373 e. The van der Waals surface area contributed by atoms with Crippen molar-refractivity contribution in [2.24, 2.45) is 0 Å². The fourth-order valence-corrected chi connectivity index (χ4v) is 4.61. The molecule has 0 N–H and O–H groups in total. The van der Waals surface area contributed by atoms with Crippen molar-refractivity contribution in [1.82, 2.24) is 9.80 Å². The highest BCUT2D eigenvalue weighted by Gasteiger charge is 2.50. The molecule has 3 aliphatic heterocycles. The summed E-state index contributed by atoms with van der Waals surface area (Å²) in [4.78, 5) is 16.6. The van der Waals surface area contributed by atoms with E-state index in [1.165, 1.54) is 25.9 Å². The average Bonchev–Trinajstić information content (AvgIpc) is 3.15. The van der Waals surface area contributed by atoms with Gasteiger partial charge in [0.25, 0.3) is 5.91 Å². The molecule has 0 radical (unpaired) electrons. The first-order chi connectivity index (χ1) is 10.6. The lowest BCUT2D eigenvalue weighted by Gasteiger charge is -2.43. The van der Waals surface area contributed by atoms with Crippen LogP contribution in [0, 0.1) is 0 Å². The molecular formula is C17H27FN2O2. The first-order valence-electron chi connectivity index (χ1n) is 8.97. The maximum absolute atomic E-state index is 14.3. The van der Waals surface area contributed by atoms with Crippen LogP contribution in [0.15, 0.2) is 0 Å². The second kappa shape index (κ2) is 5.45. The third kappa shape index (κ3) is 2.46. The summed E-state index contributed by atoms with van der Waals surface area (Å²) in [5.41, 5.74) is -1.59. The third-order valence-electron chi connectivity index (χ3n) is 6.34. The van der Waals surface area contributed by atoms with Gasteiger partial charge in [-0.25, -0.2) is 4.39 Å². The number of alkyl halides is 1. The number of likely N-dealkylation sites (tertiary alicyclic amines) is 2. The predicted octanol–water partition coefficient (Wildman–Crippen LogP) is 2.12. The number of carbonyl (C=O) groups is 1. The van der Waals surface area contributed by atoms with Gasteiger partial charge in [0.15, 0.2) is 5.67 Å². The van der Waals surface area contributed by atoms with Crippen molar-refractivity contribution in [3.8, 4) is 0 Å². The lowest BCUT2D eigenvalue weighted by Crippen LogP contribution is -2.55. The van der Waals surface area contributed by atoms with Gasteiger partial charge in [0.1, 0.15) is 0 Å².